The van der Waals surface area contributed by atoms with Gasteiger partial charge in [-0.05, 0) is 24.3 Å². The van der Waals surface area contributed by atoms with Crippen molar-refractivity contribution in [2.75, 3.05) is 7.11 Å². The van der Waals surface area contributed by atoms with Crippen molar-refractivity contribution in [2.24, 2.45) is 0 Å². The smallest absolute Gasteiger partial charge is 0.359 e. The molecule has 0 unspecified atom stereocenters. The van der Waals surface area contributed by atoms with Crippen molar-refractivity contribution in [3.63, 3.8) is 0 Å². The maximum Gasteiger partial charge on any atom is 0.359 e. The first-order valence-electron chi connectivity index (χ1n) is 5.36. The molecule has 2 aromatic rings. The summed E-state index contributed by atoms with van der Waals surface area (Å²) in [7, 11) is 1.37. The lowest BCUT2D eigenvalue weighted by Crippen LogP contribution is -2.01. The van der Waals surface area contributed by atoms with Gasteiger partial charge in [-0.2, -0.15) is 5.10 Å². The summed E-state index contributed by atoms with van der Waals surface area (Å²) in [6.07, 6.45) is 2.46. The number of hydrogen-bond acceptors (Lipinski definition) is 3. The number of esters is 1. The molecule has 1 fully saturated rings. The lowest BCUT2D eigenvalue weighted by atomic mass is 10.1. The zero-order valence-electron chi connectivity index (χ0n) is 8.99. The number of rotatable bonds is 2. The average molecular weight is 216 g/mol. The molecule has 4 nitrogen and oxygen atoms in total. The molecule has 1 saturated carbocycles. The lowest BCUT2D eigenvalue weighted by Gasteiger charge is -1.99. The zero-order valence-corrected chi connectivity index (χ0v) is 8.99. The number of aromatic nitrogens is 2. The highest BCUT2D eigenvalue weighted by molar-refractivity contribution is 6.02. The summed E-state index contributed by atoms with van der Waals surface area (Å²) < 4.78 is 4.70. The van der Waals surface area contributed by atoms with E-state index in [0.29, 0.717) is 11.6 Å². The van der Waals surface area contributed by atoms with Crippen LogP contribution in [0.15, 0.2) is 18.2 Å². The summed E-state index contributed by atoms with van der Waals surface area (Å²) in [5.74, 6) is 0.244. The molecule has 0 amide bonds. The van der Waals surface area contributed by atoms with Gasteiger partial charge in [0.25, 0.3) is 0 Å². The van der Waals surface area contributed by atoms with Crippen LogP contribution < -0.4 is 0 Å². The largest absolute Gasteiger partial charge is 0.464 e. The molecule has 1 aromatic carbocycles. The minimum Gasteiger partial charge on any atom is -0.464 e. The molecular weight excluding hydrogens is 204 g/mol. The van der Waals surface area contributed by atoms with Crippen molar-refractivity contribution in [3.8, 4) is 0 Å². The fourth-order valence-corrected chi connectivity index (χ4v) is 2.05. The summed E-state index contributed by atoms with van der Waals surface area (Å²) in [6, 6.07) is 5.97. The van der Waals surface area contributed by atoms with Gasteiger partial charge in [0, 0.05) is 5.39 Å². The number of nitrogens with one attached hydrogen (secondary N) is 1. The number of para-hydroxylation sites is 1. The summed E-state index contributed by atoms with van der Waals surface area (Å²) in [4.78, 5) is 11.5. The van der Waals surface area contributed by atoms with E-state index in [4.69, 9.17) is 4.74 Å². The quantitative estimate of drug-likeness (QED) is 0.783. The third-order valence-corrected chi connectivity index (χ3v) is 3.03. The molecule has 1 N–H and O–H groups in total. The Morgan fingerprint density at radius 2 is 2.31 bits per heavy atom. The van der Waals surface area contributed by atoms with Crippen LogP contribution in [0.1, 0.15) is 34.8 Å². The lowest BCUT2D eigenvalue weighted by molar-refractivity contribution is 0.0596. The summed E-state index contributed by atoms with van der Waals surface area (Å²) in [6.45, 7) is 0. The number of benzene rings is 1. The Labute approximate surface area is 92.6 Å². The molecule has 16 heavy (non-hydrogen) atoms. The fraction of sp³-hybridized carbons (Fsp3) is 0.333. The van der Waals surface area contributed by atoms with Crippen LogP contribution in [0.2, 0.25) is 0 Å². The van der Waals surface area contributed by atoms with Crippen LogP contribution in [0.5, 0.6) is 0 Å². The number of nitrogens with zero attached hydrogens (tertiary/aromatic N) is 1. The van der Waals surface area contributed by atoms with Crippen LogP contribution >= 0.6 is 0 Å². The van der Waals surface area contributed by atoms with Crippen molar-refractivity contribution in [1.29, 1.82) is 0 Å². The molecule has 82 valence electrons. The number of carbonyl (C=O) groups is 1. The standard InChI is InChI=1S/C12H12N2O2/c1-16-12(15)11-9-4-2-3-8(7-5-6-7)10(9)13-14-11/h2-4,7H,5-6H2,1H3,(H,13,14). The van der Waals surface area contributed by atoms with Crippen molar-refractivity contribution in [1.82, 2.24) is 10.2 Å². The average Bonchev–Trinajstić information content (AvgIpc) is 3.07. The topological polar surface area (TPSA) is 55.0 Å². The van der Waals surface area contributed by atoms with Gasteiger partial charge in [-0.15, -0.1) is 0 Å². The molecular formula is C12H12N2O2. The Hall–Kier alpha value is -1.84. The molecule has 0 aliphatic heterocycles. The monoisotopic (exact) mass is 216 g/mol. The summed E-state index contributed by atoms with van der Waals surface area (Å²) in [5.41, 5.74) is 2.62. The number of methoxy groups -OCH3 is 1. The van der Waals surface area contributed by atoms with Gasteiger partial charge < -0.3 is 4.74 Å². The van der Waals surface area contributed by atoms with Crippen LogP contribution in [-0.4, -0.2) is 23.3 Å². The van der Waals surface area contributed by atoms with E-state index in [9.17, 15) is 4.79 Å². The first-order chi connectivity index (χ1) is 7.81. The minimum absolute atomic E-state index is 0.375. The molecule has 0 atom stereocenters. The second kappa shape index (κ2) is 3.33. The van der Waals surface area contributed by atoms with Gasteiger partial charge in [0.1, 0.15) is 0 Å². The van der Waals surface area contributed by atoms with Crippen LogP contribution in [-0.2, 0) is 4.74 Å². The predicted octanol–water partition coefficient (Wildman–Crippen LogP) is 2.23. The Morgan fingerprint density at radius 3 is 3.00 bits per heavy atom. The molecule has 0 radical (unpaired) electrons. The molecule has 1 aliphatic rings. The molecule has 4 heteroatoms. The predicted molar refractivity (Wildman–Crippen MR) is 59.4 cm³/mol. The van der Waals surface area contributed by atoms with Crippen LogP contribution in [0.4, 0.5) is 0 Å². The highest BCUT2D eigenvalue weighted by Gasteiger charge is 2.27. The SMILES string of the molecule is COC(=O)c1n[nH]c2c(C3CC3)cccc12. The first kappa shape index (κ1) is 9.39. The number of ether oxygens (including phenoxy) is 1. The Kier molecular flexibility index (Phi) is 1.96. The van der Waals surface area contributed by atoms with Crippen LogP contribution in [0, 0.1) is 0 Å². The van der Waals surface area contributed by atoms with E-state index in [2.05, 4.69) is 16.3 Å². The van der Waals surface area contributed by atoms with Crippen molar-refractivity contribution in [2.45, 2.75) is 18.8 Å². The normalized spacial score (nSPS) is 15.3. The number of aromatic amines is 1. The maximum absolute atomic E-state index is 11.5. The number of fused-ring (bicyclic) bond motifs is 1. The maximum atomic E-state index is 11.5. The van der Waals surface area contributed by atoms with Crippen molar-refractivity contribution >= 4 is 16.9 Å². The molecule has 1 aromatic heterocycles. The fourth-order valence-electron chi connectivity index (χ4n) is 2.05. The molecule has 0 saturated heterocycles. The molecule has 3 rings (SSSR count). The van der Waals surface area contributed by atoms with E-state index in [-0.39, 0.29) is 5.97 Å². The van der Waals surface area contributed by atoms with E-state index in [1.54, 1.807) is 0 Å². The van der Waals surface area contributed by atoms with Gasteiger partial charge in [0.05, 0.1) is 12.6 Å². The Balaban J connectivity index is 2.20. The highest BCUT2D eigenvalue weighted by Crippen LogP contribution is 2.42. The highest BCUT2D eigenvalue weighted by atomic mass is 16.5. The van der Waals surface area contributed by atoms with E-state index in [1.807, 2.05) is 12.1 Å². The molecule has 1 heterocycles. The van der Waals surface area contributed by atoms with E-state index < -0.39 is 0 Å². The van der Waals surface area contributed by atoms with Gasteiger partial charge in [0.15, 0.2) is 5.69 Å². The van der Waals surface area contributed by atoms with Gasteiger partial charge >= 0.3 is 5.97 Å². The Bertz CT molecular complexity index is 555. The van der Waals surface area contributed by atoms with E-state index >= 15 is 0 Å². The van der Waals surface area contributed by atoms with Gasteiger partial charge in [0.2, 0.25) is 0 Å². The third-order valence-electron chi connectivity index (χ3n) is 3.03. The van der Waals surface area contributed by atoms with Gasteiger partial charge in [-0.1, -0.05) is 18.2 Å². The second-order valence-electron chi connectivity index (χ2n) is 4.11. The number of carbonyl (C=O) groups excluding carboxylic acids is 1. The van der Waals surface area contributed by atoms with Gasteiger partial charge in [-0.25, -0.2) is 4.79 Å². The van der Waals surface area contributed by atoms with Crippen molar-refractivity contribution in [3.05, 3.63) is 29.5 Å². The molecule has 0 spiro atoms. The van der Waals surface area contributed by atoms with E-state index in [1.165, 1.54) is 25.5 Å². The minimum atomic E-state index is -0.390. The third kappa shape index (κ3) is 1.30. The van der Waals surface area contributed by atoms with E-state index in [0.717, 1.165) is 10.9 Å². The number of hydrogen-bond donors (Lipinski definition) is 1. The summed E-state index contributed by atoms with van der Waals surface area (Å²) in [5, 5.41) is 7.84. The second-order valence-corrected chi connectivity index (χ2v) is 4.11. The van der Waals surface area contributed by atoms with Crippen molar-refractivity contribution < 1.29 is 9.53 Å². The van der Waals surface area contributed by atoms with Crippen LogP contribution in [0.25, 0.3) is 10.9 Å². The zero-order chi connectivity index (χ0) is 11.1. The Morgan fingerprint density at radius 1 is 1.50 bits per heavy atom. The van der Waals surface area contributed by atoms with Gasteiger partial charge in [-0.3, -0.25) is 5.10 Å². The summed E-state index contributed by atoms with van der Waals surface area (Å²) >= 11 is 0. The molecule has 1 aliphatic carbocycles. The van der Waals surface area contributed by atoms with Crippen LogP contribution in [0.3, 0.4) is 0 Å². The first-order valence-corrected chi connectivity index (χ1v) is 5.36. The molecule has 0 bridgehead atoms. The number of H-pyrrole nitrogens is 1.